The summed E-state index contributed by atoms with van der Waals surface area (Å²) in [5.41, 5.74) is 7.41. The first-order valence-electron chi connectivity index (χ1n) is 7.34. The SMILES string of the molecule is CC(N)CCCC(C)C(=O)Nc1cc(Cl)ccc1N(C)C. The maximum absolute atomic E-state index is 12.3. The molecule has 1 aromatic carbocycles. The molecule has 0 aliphatic heterocycles. The van der Waals surface area contributed by atoms with Crippen LogP contribution in [0.25, 0.3) is 0 Å². The molecule has 0 saturated heterocycles. The van der Waals surface area contributed by atoms with Crippen LogP contribution in [0.4, 0.5) is 11.4 Å². The standard InChI is InChI=1S/C16H26ClN3O/c1-11(6-5-7-12(2)18)16(21)19-14-10-13(17)8-9-15(14)20(3)4/h8-12H,5-7,18H2,1-4H3,(H,19,21). The molecule has 1 rings (SSSR count). The number of benzene rings is 1. The molecule has 0 aliphatic rings. The zero-order valence-corrected chi connectivity index (χ0v) is 14.1. The number of amides is 1. The van der Waals surface area contributed by atoms with Crippen LogP contribution >= 0.6 is 11.6 Å². The van der Waals surface area contributed by atoms with Crippen molar-refractivity contribution in [1.82, 2.24) is 0 Å². The van der Waals surface area contributed by atoms with Gasteiger partial charge < -0.3 is 16.0 Å². The fourth-order valence-electron chi connectivity index (χ4n) is 2.13. The lowest BCUT2D eigenvalue weighted by Crippen LogP contribution is -2.23. The fraction of sp³-hybridized carbons (Fsp3) is 0.562. The Kier molecular flexibility index (Phi) is 6.99. The van der Waals surface area contributed by atoms with Crippen LogP contribution in [0.15, 0.2) is 18.2 Å². The van der Waals surface area contributed by atoms with Gasteiger partial charge in [0, 0.05) is 31.1 Å². The smallest absolute Gasteiger partial charge is 0.227 e. The minimum atomic E-state index is -0.0438. The van der Waals surface area contributed by atoms with Gasteiger partial charge in [-0.05, 0) is 38.0 Å². The van der Waals surface area contributed by atoms with Crippen LogP contribution in [-0.4, -0.2) is 26.0 Å². The predicted octanol–water partition coefficient (Wildman–Crippen LogP) is 3.50. The molecular weight excluding hydrogens is 286 g/mol. The molecule has 2 atom stereocenters. The maximum Gasteiger partial charge on any atom is 0.227 e. The van der Waals surface area contributed by atoms with Crippen molar-refractivity contribution in [2.75, 3.05) is 24.3 Å². The Morgan fingerprint density at radius 1 is 1.33 bits per heavy atom. The van der Waals surface area contributed by atoms with Gasteiger partial charge in [0.05, 0.1) is 11.4 Å². The molecular formula is C16H26ClN3O. The van der Waals surface area contributed by atoms with Crippen molar-refractivity contribution in [2.45, 2.75) is 39.2 Å². The molecule has 0 radical (unpaired) electrons. The highest BCUT2D eigenvalue weighted by atomic mass is 35.5. The molecule has 1 amide bonds. The number of halogens is 1. The van der Waals surface area contributed by atoms with E-state index in [4.69, 9.17) is 17.3 Å². The topological polar surface area (TPSA) is 58.4 Å². The quantitative estimate of drug-likeness (QED) is 0.810. The average Bonchev–Trinajstić information content (AvgIpc) is 2.37. The molecule has 4 nitrogen and oxygen atoms in total. The highest BCUT2D eigenvalue weighted by molar-refractivity contribution is 6.31. The second-order valence-corrected chi connectivity index (χ2v) is 6.29. The zero-order valence-electron chi connectivity index (χ0n) is 13.3. The van der Waals surface area contributed by atoms with E-state index in [0.717, 1.165) is 30.6 Å². The van der Waals surface area contributed by atoms with Crippen LogP contribution in [-0.2, 0) is 4.79 Å². The molecule has 0 saturated carbocycles. The highest BCUT2D eigenvalue weighted by Crippen LogP contribution is 2.28. The van der Waals surface area contributed by atoms with Gasteiger partial charge in [0.25, 0.3) is 0 Å². The lowest BCUT2D eigenvalue weighted by atomic mass is 10.0. The number of rotatable bonds is 7. The Bertz CT molecular complexity index is 475. The Hall–Kier alpha value is -1.26. The summed E-state index contributed by atoms with van der Waals surface area (Å²) in [5, 5.41) is 3.59. The molecule has 5 heteroatoms. The van der Waals surface area contributed by atoms with E-state index in [1.54, 1.807) is 6.07 Å². The summed E-state index contributed by atoms with van der Waals surface area (Å²) in [6, 6.07) is 5.69. The van der Waals surface area contributed by atoms with E-state index in [-0.39, 0.29) is 17.9 Å². The summed E-state index contributed by atoms with van der Waals surface area (Å²) in [5.74, 6) is -0.0252. The van der Waals surface area contributed by atoms with Gasteiger partial charge in [-0.3, -0.25) is 4.79 Å². The molecule has 3 N–H and O–H groups in total. The Labute approximate surface area is 132 Å². The molecule has 2 unspecified atom stereocenters. The average molecular weight is 312 g/mol. The van der Waals surface area contributed by atoms with Gasteiger partial charge in [-0.1, -0.05) is 24.9 Å². The number of nitrogens with two attached hydrogens (primary N) is 1. The number of carbonyl (C=O) groups excluding carboxylic acids is 1. The van der Waals surface area contributed by atoms with Crippen LogP contribution in [0.2, 0.25) is 5.02 Å². The minimum Gasteiger partial charge on any atom is -0.376 e. The third-order valence-corrected chi connectivity index (χ3v) is 3.68. The molecule has 0 bridgehead atoms. The molecule has 21 heavy (non-hydrogen) atoms. The molecule has 0 fully saturated rings. The van der Waals surface area contributed by atoms with Crippen molar-refractivity contribution in [2.24, 2.45) is 11.7 Å². The number of nitrogens with zero attached hydrogens (tertiary/aromatic N) is 1. The summed E-state index contributed by atoms with van der Waals surface area (Å²) >= 11 is 6.02. The van der Waals surface area contributed by atoms with Crippen molar-refractivity contribution in [1.29, 1.82) is 0 Å². The van der Waals surface area contributed by atoms with Gasteiger partial charge in [0.2, 0.25) is 5.91 Å². The van der Waals surface area contributed by atoms with Crippen LogP contribution in [0.3, 0.4) is 0 Å². The van der Waals surface area contributed by atoms with Crippen molar-refractivity contribution in [3.63, 3.8) is 0 Å². The molecule has 0 heterocycles. The van der Waals surface area contributed by atoms with E-state index in [1.165, 1.54) is 0 Å². The molecule has 1 aromatic rings. The van der Waals surface area contributed by atoms with Crippen molar-refractivity contribution < 1.29 is 4.79 Å². The summed E-state index contributed by atoms with van der Waals surface area (Å²) in [4.78, 5) is 14.2. The lowest BCUT2D eigenvalue weighted by molar-refractivity contribution is -0.119. The van der Waals surface area contributed by atoms with Gasteiger partial charge >= 0.3 is 0 Å². The Morgan fingerprint density at radius 3 is 2.57 bits per heavy atom. The van der Waals surface area contributed by atoms with Gasteiger partial charge in [-0.25, -0.2) is 0 Å². The number of nitrogens with one attached hydrogen (secondary N) is 1. The summed E-state index contributed by atoms with van der Waals surface area (Å²) in [6.07, 6.45) is 2.74. The first-order chi connectivity index (χ1) is 9.81. The summed E-state index contributed by atoms with van der Waals surface area (Å²) < 4.78 is 0. The van der Waals surface area contributed by atoms with Gasteiger partial charge in [0.15, 0.2) is 0 Å². The second kappa shape index (κ2) is 8.25. The van der Waals surface area contributed by atoms with E-state index >= 15 is 0 Å². The highest BCUT2D eigenvalue weighted by Gasteiger charge is 2.15. The number of hydrogen-bond acceptors (Lipinski definition) is 3. The maximum atomic E-state index is 12.3. The van der Waals surface area contributed by atoms with E-state index in [1.807, 2.05) is 45.0 Å². The molecule has 0 aliphatic carbocycles. The lowest BCUT2D eigenvalue weighted by Gasteiger charge is -2.20. The first kappa shape index (κ1) is 17.8. The van der Waals surface area contributed by atoms with Crippen LogP contribution in [0, 0.1) is 5.92 Å². The van der Waals surface area contributed by atoms with Crippen LogP contribution in [0.1, 0.15) is 33.1 Å². The first-order valence-corrected chi connectivity index (χ1v) is 7.72. The third-order valence-electron chi connectivity index (χ3n) is 3.44. The van der Waals surface area contributed by atoms with Crippen molar-refractivity contribution in [3.05, 3.63) is 23.2 Å². The van der Waals surface area contributed by atoms with Crippen molar-refractivity contribution >= 4 is 28.9 Å². The molecule has 0 spiro atoms. The number of carbonyl (C=O) groups is 1. The molecule has 0 aromatic heterocycles. The zero-order chi connectivity index (χ0) is 16.0. The van der Waals surface area contributed by atoms with Crippen LogP contribution in [0.5, 0.6) is 0 Å². The molecule has 118 valence electrons. The Balaban J connectivity index is 2.67. The van der Waals surface area contributed by atoms with Crippen LogP contribution < -0.4 is 16.0 Å². The largest absolute Gasteiger partial charge is 0.376 e. The normalized spacial score (nSPS) is 13.6. The van der Waals surface area contributed by atoms with E-state index in [2.05, 4.69) is 5.32 Å². The van der Waals surface area contributed by atoms with Gasteiger partial charge in [0.1, 0.15) is 0 Å². The van der Waals surface area contributed by atoms with Crippen molar-refractivity contribution in [3.8, 4) is 0 Å². The number of hydrogen-bond donors (Lipinski definition) is 2. The summed E-state index contributed by atoms with van der Waals surface area (Å²) in [6.45, 7) is 3.93. The second-order valence-electron chi connectivity index (χ2n) is 5.85. The van der Waals surface area contributed by atoms with E-state index < -0.39 is 0 Å². The predicted molar refractivity (Wildman–Crippen MR) is 91.1 cm³/mol. The summed E-state index contributed by atoms with van der Waals surface area (Å²) in [7, 11) is 3.87. The fourth-order valence-corrected chi connectivity index (χ4v) is 2.30. The van der Waals surface area contributed by atoms with E-state index in [0.29, 0.717) is 5.02 Å². The Morgan fingerprint density at radius 2 is 2.00 bits per heavy atom. The van der Waals surface area contributed by atoms with Gasteiger partial charge in [-0.15, -0.1) is 0 Å². The third kappa shape index (κ3) is 5.94. The van der Waals surface area contributed by atoms with Gasteiger partial charge in [-0.2, -0.15) is 0 Å². The van der Waals surface area contributed by atoms with E-state index in [9.17, 15) is 4.79 Å². The monoisotopic (exact) mass is 311 g/mol. The number of anilines is 2. The minimum absolute atomic E-state index is 0.0186.